The number of guanidine groups is 4. The highest BCUT2D eigenvalue weighted by Gasteiger charge is 2.21. The lowest BCUT2D eigenvalue weighted by Gasteiger charge is -2.20. The van der Waals surface area contributed by atoms with Crippen LogP contribution in [0, 0.1) is 21.6 Å². The molecule has 10 N–H and O–H groups in total. The van der Waals surface area contributed by atoms with Gasteiger partial charge in [0.05, 0.1) is 0 Å². The third-order valence-electron chi connectivity index (χ3n) is 1.91. The molecule has 0 fully saturated rings. The average molecular weight is 298 g/mol. The monoisotopic (exact) mass is 298 g/mol. The van der Waals surface area contributed by atoms with Crippen LogP contribution in [0.5, 0.6) is 0 Å². The molecule has 0 saturated heterocycles. The van der Waals surface area contributed by atoms with Crippen molar-refractivity contribution in [2.75, 3.05) is 0 Å². The molecule has 0 aliphatic carbocycles. The highest BCUT2D eigenvalue weighted by atomic mass is 16.2. The van der Waals surface area contributed by atoms with E-state index in [0.717, 1.165) is 6.92 Å². The van der Waals surface area contributed by atoms with E-state index in [1.54, 1.807) is 0 Å². The van der Waals surface area contributed by atoms with Crippen LogP contribution in [0.15, 0.2) is 0 Å². The smallest absolute Gasteiger partial charge is 0.235 e. The van der Waals surface area contributed by atoms with Gasteiger partial charge in [-0.15, -0.1) is 0 Å². The third-order valence-corrected chi connectivity index (χ3v) is 1.91. The van der Waals surface area contributed by atoms with Gasteiger partial charge in [0.25, 0.3) is 0 Å². The highest BCUT2D eigenvalue weighted by Crippen LogP contribution is 1.95. The van der Waals surface area contributed by atoms with Gasteiger partial charge in [-0.05, 0) is 0 Å². The Labute approximate surface area is 120 Å². The van der Waals surface area contributed by atoms with Crippen LogP contribution < -0.4 is 27.2 Å². The van der Waals surface area contributed by atoms with Crippen molar-refractivity contribution in [2.24, 2.45) is 5.73 Å². The zero-order valence-electron chi connectivity index (χ0n) is 11.5. The molecule has 0 rings (SSSR count). The minimum Gasteiger partial charge on any atom is -0.370 e. The van der Waals surface area contributed by atoms with Crippen LogP contribution in [0.2, 0.25) is 0 Å². The minimum absolute atomic E-state index is 0.0236. The van der Waals surface area contributed by atoms with Crippen LogP contribution in [0.4, 0.5) is 0 Å². The molecule has 0 aromatic rings. The lowest BCUT2D eigenvalue weighted by Crippen LogP contribution is -2.57. The van der Waals surface area contributed by atoms with E-state index in [0.29, 0.717) is 4.90 Å². The van der Waals surface area contributed by atoms with E-state index < -0.39 is 35.7 Å². The van der Waals surface area contributed by atoms with Gasteiger partial charge >= 0.3 is 0 Å². The first-order valence-electron chi connectivity index (χ1n) is 5.68. The van der Waals surface area contributed by atoms with Gasteiger partial charge in [-0.2, -0.15) is 0 Å². The molecular weight excluding hydrogens is 280 g/mol. The van der Waals surface area contributed by atoms with Crippen LogP contribution >= 0.6 is 0 Å². The minimum atomic E-state index is -0.661. The fourth-order valence-electron chi connectivity index (χ4n) is 1.11. The van der Waals surface area contributed by atoms with Crippen molar-refractivity contribution in [3.63, 3.8) is 0 Å². The molecular formula is C9H18N10O2. The van der Waals surface area contributed by atoms with Crippen molar-refractivity contribution in [1.29, 1.82) is 21.6 Å². The molecule has 0 aromatic heterocycles. The van der Waals surface area contributed by atoms with Crippen LogP contribution in [0.3, 0.4) is 0 Å². The summed E-state index contributed by atoms with van der Waals surface area (Å²) in [5.74, 6) is -3.23. The van der Waals surface area contributed by atoms with Crippen LogP contribution in [-0.4, -0.2) is 40.6 Å². The van der Waals surface area contributed by atoms with Crippen molar-refractivity contribution in [1.82, 2.24) is 26.4 Å². The summed E-state index contributed by atoms with van der Waals surface area (Å²) in [5, 5.41) is 33.4. The van der Waals surface area contributed by atoms with Crippen molar-refractivity contribution < 1.29 is 9.59 Å². The first-order chi connectivity index (χ1) is 9.68. The lowest BCUT2D eigenvalue weighted by atomic mass is 10.4. The maximum absolute atomic E-state index is 11.5. The molecule has 0 aliphatic rings. The Hall–Kier alpha value is -3.18. The second-order valence-electron chi connectivity index (χ2n) is 3.61. The van der Waals surface area contributed by atoms with Gasteiger partial charge in [-0.1, -0.05) is 6.92 Å². The predicted octanol–water partition coefficient (Wildman–Crippen LogP) is -2.26. The quantitative estimate of drug-likeness (QED) is 0.147. The summed E-state index contributed by atoms with van der Waals surface area (Å²) in [6.07, 6.45) is 0.0236. The van der Waals surface area contributed by atoms with Gasteiger partial charge in [0, 0.05) is 13.3 Å². The molecule has 0 unspecified atom stereocenters. The van der Waals surface area contributed by atoms with Crippen LogP contribution in [0.25, 0.3) is 0 Å². The van der Waals surface area contributed by atoms with E-state index in [4.69, 9.17) is 27.4 Å². The van der Waals surface area contributed by atoms with Gasteiger partial charge in [-0.25, -0.2) is 4.90 Å². The molecule has 0 saturated carbocycles. The summed E-state index contributed by atoms with van der Waals surface area (Å²) in [4.78, 5) is 23.4. The van der Waals surface area contributed by atoms with E-state index in [-0.39, 0.29) is 6.42 Å². The molecule has 0 bridgehead atoms. The maximum atomic E-state index is 11.5. The number of hydrazine groups is 1. The van der Waals surface area contributed by atoms with E-state index >= 15 is 0 Å². The molecule has 0 spiro atoms. The third kappa shape index (κ3) is 6.51. The molecule has 12 heteroatoms. The number of imide groups is 1. The molecule has 0 radical (unpaired) electrons. The Morgan fingerprint density at radius 1 is 1.05 bits per heavy atom. The Morgan fingerprint density at radius 3 is 1.90 bits per heavy atom. The molecule has 0 heterocycles. The second-order valence-corrected chi connectivity index (χ2v) is 3.61. The average Bonchev–Trinajstić information content (AvgIpc) is 2.34. The highest BCUT2D eigenvalue weighted by molar-refractivity contribution is 6.13. The summed E-state index contributed by atoms with van der Waals surface area (Å²) < 4.78 is 0. The fraction of sp³-hybridized carbons (Fsp3) is 0.333. The summed E-state index contributed by atoms with van der Waals surface area (Å²) in [6, 6.07) is 0. The predicted molar refractivity (Wildman–Crippen MR) is 75.5 cm³/mol. The fourth-order valence-corrected chi connectivity index (χ4v) is 1.11. The normalized spacial score (nSPS) is 9.05. The standard InChI is InChI=1S/C9H18N10O2/c1-3-5(21)19(4(2)20)9(14)16-8(13)18-17-7(12)15-6(10)11/h3H2,1-2H3,(H4,13,14,16,18)(H6,10,11,12,15,17). The van der Waals surface area contributed by atoms with Crippen molar-refractivity contribution in [2.45, 2.75) is 20.3 Å². The van der Waals surface area contributed by atoms with Gasteiger partial charge in [0.2, 0.25) is 29.7 Å². The number of carbonyl (C=O) groups excluding carboxylic acids is 2. The molecule has 12 nitrogen and oxygen atoms in total. The Morgan fingerprint density at radius 2 is 1.52 bits per heavy atom. The Kier molecular flexibility index (Phi) is 6.86. The molecule has 0 atom stereocenters. The Bertz CT molecular complexity index is 485. The van der Waals surface area contributed by atoms with E-state index in [2.05, 4.69) is 21.5 Å². The summed E-state index contributed by atoms with van der Waals surface area (Å²) >= 11 is 0. The summed E-state index contributed by atoms with van der Waals surface area (Å²) in [6.45, 7) is 2.65. The maximum Gasteiger partial charge on any atom is 0.235 e. The molecule has 116 valence electrons. The van der Waals surface area contributed by atoms with Crippen molar-refractivity contribution >= 4 is 35.7 Å². The first-order valence-corrected chi connectivity index (χ1v) is 5.68. The number of rotatable bonds is 1. The Balaban J connectivity index is 4.46. The number of hydrogen-bond donors (Lipinski definition) is 9. The van der Waals surface area contributed by atoms with Gasteiger partial charge in [-0.3, -0.25) is 52.7 Å². The number of nitrogens with zero attached hydrogens (tertiary/aromatic N) is 1. The number of nitrogens with one attached hydrogen (secondary N) is 8. The summed E-state index contributed by atoms with van der Waals surface area (Å²) in [5.41, 5.74) is 9.30. The van der Waals surface area contributed by atoms with E-state index in [9.17, 15) is 9.59 Å². The van der Waals surface area contributed by atoms with E-state index in [1.165, 1.54) is 6.92 Å². The first kappa shape index (κ1) is 17.8. The van der Waals surface area contributed by atoms with Gasteiger partial charge in [0.15, 0.2) is 5.96 Å². The van der Waals surface area contributed by atoms with Crippen LogP contribution in [0.1, 0.15) is 20.3 Å². The number of nitrogens with two attached hydrogens (primary N) is 1. The van der Waals surface area contributed by atoms with Gasteiger partial charge in [0.1, 0.15) is 0 Å². The topological polar surface area (TPSA) is 207 Å². The van der Waals surface area contributed by atoms with Crippen LogP contribution in [-0.2, 0) is 9.59 Å². The zero-order valence-corrected chi connectivity index (χ0v) is 11.5. The molecule has 0 aromatic carbocycles. The van der Waals surface area contributed by atoms with E-state index in [1.807, 2.05) is 0 Å². The molecule has 2 amide bonds. The zero-order chi connectivity index (χ0) is 16.6. The van der Waals surface area contributed by atoms with Crippen molar-refractivity contribution in [3.8, 4) is 0 Å². The second kappa shape index (κ2) is 8.08. The lowest BCUT2D eigenvalue weighted by molar-refractivity contribution is -0.138. The number of carbonyl (C=O) groups is 2. The number of amides is 2. The van der Waals surface area contributed by atoms with Gasteiger partial charge < -0.3 is 5.73 Å². The van der Waals surface area contributed by atoms with Crippen molar-refractivity contribution in [3.05, 3.63) is 0 Å². The summed E-state index contributed by atoms with van der Waals surface area (Å²) in [7, 11) is 0. The number of hydrogen-bond acceptors (Lipinski definition) is 6. The largest absolute Gasteiger partial charge is 0.370 e. The molecule has 21 heavy (non-hydrogen) atoms. The molecule has 0 aliphatic heterocycles. The SMILES string of the molecule is CCC(=O)N(C(=N)NC(=N)NNC(=N)NC(=N)N)C(C)=O.